The van der Waals surface area contributed by atoms with Crippen molar-refractivity contribution in [2.24, 2.45) is 0 Å². The van der Waals surface area contributed by atoms with Crippen molar-refractivity contribution < 1.29 is 8.42 Å². The van der Waals surface area contributed by atoms with Gasteiger partial charge in [-0.25, -0.2) is 13.1 Å². The third-order valence-corrected chi connectivity index (χ3v) is 6.82. The van der Waals surface area contributed by atoms with Crippen molar-refractivity contribution in [3.05, 3.63) is 40.9 Å². The molecule has 0 unspecified atom stereocenters. The summed E-state index contributed by atoms with van der Waals surface area (Å²) in [5.41, 5.74) is 1.05. The van der Waals surface area contributed by atoms with Gasteiger partial charge in [0.25, 0.3) is 0 Å². The molecule has 0 saturated carbocycles. The standard InChI is InChI=1S/C16H23N5O2S2/c1-3-19-12-17-21(16(19)24)13-18-8-10-20(11-9-18)25(22,23)15-6-4-14(2)5-7-15/h4-7,12H,3,8-11,13H2,1-2H3. The van der Waals surface area contributed by atoms with Crippen molar-refractivity contribution in [2.45, 2.75) is 32.0 Å². The van der Waals surface area contributed by atoms with Gasteiger partial charge < -0.3 is 4.57 Å². The highest BCUT2D eigenvalue weighted by molar-refractivity contribution is 7.89. The molecule has 0 N–H and O–H groups in total. The Morgan fingerprint density at radius 2 is 1.76 bits per heavy atom. The number of hydrogen-bond donors (Lipinski definition) is 0. The molecule has 0 amide bonds. The number of aryl methyl sites for hydroxylation is 2. The van der Waals surface area contributed by atoms with Crippen LogP contribution in [0.25, 0.3) is 0 Å². The van der Waals surface area contributed by atoms with Crippen LogP contribution in [0.3, 0.4) is 0 Å². The van der Waals surface area contributed by atoms with Crippen molar-refractivity contribution in [1.82, 2.24) is 23.6 Å². The average Bonchev–Trinajstić information content (AvgIpc) is 2.96. The Morgan fingerprint density at radius 1 is 1.12 bits per heavy atom. The molecule has 1 aromatic carbocycles. The van der Waals surface area contributed by atoms with E-state index in [0.717, 1.165) is 12.1 Å². The van der Waals surface area contributed by atoms with Gasteiger partial charge in [0.2, 0.25) is 10.0 Å². The molecular weight excluding hydrogens is 358 g/mol. The van der Waals surface area contributed by atoms with E-state index in [1.54, 1.807) is 27.4 Å². The molecule has 0 spiro atoms. The minimum atomic E-state index is -3.42. The highest BCUT2D eigenvalue weighted by atomic mass is 32.2. The molecule has 136 valence electrons. The molecule has 0 radical (unpaired) electrons. The van der Waals surface area contributed by atoms with E-state index in [-0.39, 0.29) is 0 Å². The summed E-state index contributed by atoms with van der Waals surface area (Å²) in [5, 5.41) is 4.31. The van der Waals surface area contributed by atoms with E-state index in [9.17, 15) is 8.42 Å². The van der Waals surface area contributed by atoms with Crippen molar-refractivity contribution in [3.8, 4) is 0 Å². The van der Waals surface area contributed by atoms with Crippen LogP contribution in [0.2, 0.25) is 0 Å². The molecule has 9 heteroatoms. The first-order valence-corrected chi connectivity index (χ1v) is 10.2. The number of nitrogens with zero attached hydrogens (tertiary/aromatic N) is 5. The molecule has 7 nitrogen and oxygen atoms in total. The van der Waals surface area contributed by atoms with Crippen LogP contribution in [-0.4, -0.2) is 58.1 Å². The lowest BCUT2D eigenvalue weighted by Crippen LogP contribution is -2.48. The second kappa shape index (κ2) is 7.36. The third kappa shape index (κ3) is 3.84. The Morgan fingerprint density at radius 3 is 2.32 bits per heavy atom. The highest BCUT2D eigenvalue weighted by Gasteiger charge is 2.28. The van der Waals surface area contributed by atoms with Gasteiger partial charge in [-0.15, -0.1) is 0 Å². The summed E-state index contributed by atoms with van der Waals surface area (Å²) >= 11 is 5.38. The number of aromatic nitrogens is 3. The molecule has 1 aromatic heterocycles. The van der Waals surface area contributed by atoms with E-state index in [0.29, 0.717) is 42.5 Å². The average molecular weight is 382 g/mol. The number of rotatable bonds is 5. The lowest BCUT2D eigenvalue weighted by Gasteiger charge is -2.33. The largest absolute Gasteiger partial charge is 0.307 e. The Labute approximate surface area is 153 Å². The fraction of sp³-hybridized carbons (Fsp3) is 0.500. The first-order chi connectivity index (χ1) is 11.9. The zero-order valence-electron chi connectivity index (χ0n) is 14.5. The summed E-state index contributed by atoms with van der Waals surface area (Å²) in [6, 6.07) is 7.01. The second-order valence-electron chi connectivity index (χ2n) is 6.18. The lowest BCUT2D eigenvalue weighted by molar-refractivity contribution is 0.144. The van der Waals surface area contributed by atoms with Crippen molar-refractivity contribution in [2.75, 3.05) is 26.2 Å². The molecule has 0 aliphatic carbocycles. The fourth-order valence-electron chi connectivity index (χ4n) is 2.85. The Hall–Kier alpha value is -1.55. The SMILES string of the molecule is CCn1cnn(CN2CCN(S(=O)(=O)c3ccc(C)cc3)CC2)c1=S. The van der Waals surface area contributed by atoms with Crippen LogP contribution in [-0.2, 0) is 23.2 Å². The fourth-order valence-corrected chi connectivity index (χ4v) is 4.55. The van der Waals surface area contributed by atoms with Gasteiger partial charge in [0.05, 0.1) is 11.6 Å². The summed E-state index contributed by atoms with van der Waals surface area (Å²) in [6.45, 7) is 7.61. The zero-order valence-corrected chi connectivity index (χ0v) is 16.1. The predicted molar refractivity (Wildman–Crippen MR) is 98.2 cm³/mol. The van der Waals surface area contributed by atoms with Crippen LogP contribution in [0.4, 0.5) is 0 Å². The molecule has 25 heavy (non-hydrogen) atoms. The van der Waals surface area contributed by atoms with Crippen LogP contribution in [0, 0.1) is 11.7 Å². The molecule has 1 aliphatic heterocycles. The normalized spacial score (nSPS) is 17.0. The molecule has 3 rings (SSSR count). The van der Waals surface area contributed by atoms with Gasteiger partial charge in [-0.1, -0.05) is 17.7 Å². The number of sulfonamides is 1. The summed E-state index contributed by atoms with van der Waals surface area (Å²) in [5.74, 6) is 0. The maximum atomic E-state index is 12.7. The highest BCUT2D eigenvalue weighted by Crippen LogP contribution is 2.18. The van der Waals surface area contributed by atoms with Crippen LogP contribution < -0.4 is 0 Å². The van der Waals surface area contributed by atoms with E-state index >= 15 is 0 Å². The lowest BCUT2D eigenvalue weighted by atomic mass is 10.2. The molecule has 2 heterocycles. The maximum absolute atomic E-state index is 12.7. The molecule has 2 aromatic rings. The van der Waals surface area contributed by atoms with Gasteiger partial charge in [0.1, 0.15) is 6.33 Å². The summed E-state index contributed by atoms with van der Waals surface area (Å²) in [4.78, 5) is 2.53. The van der Waals surface area contributed by atoms with Crippen molar-refractivity contribution in [1.29, 1.82) is 0 Å². The molecule has 1 fully saturated rings. The third-order valence-electron chi connectivity index (χ3n) is 4.46. The van der Waals surface area contributed by atoms with Gasteiger partial charge >= 0.3 is 0 Å². The van der Waals surface area contributed by atoms with E-state index < -0.39 is 10.0 Å². The Balaban J connectivity index is 1.64. The van der Waals surface area contributed by atoms with Crippen LogP contribution in [0.1, 0.15) is 12.5 Å². The zero-order chi connectivity index (χ0) is 18.0. The topological polar surface area (TPSA) is 63.4 Å². The second-order valence-corrected chi connectivity index (χ2v) is 8.48. The smallest absolute Gasteiger partial charge is 0.243 e. The number of hydrogen-bond acceptors (Lipinski definition) is 5. The van der Waals surface area contributed by atoms with Gasteiger partial charge in [0, 0.05) is 32.7 Å². The minimum Gasteiger partial charge on any atom is -0.307 e. The van der Waals surface area contributed by atoms with Gasteiger partial charge in [-0.05, 0) is 38.2 Å². The van der Waals surface area contributed by atoms with Crippen LogP contribution >= 0.6 is 12.2 Å². The van der Waals surface area contributed by atoms with E-state index in [4.69, 9.17) is 12.2 Å². The van der Waals surface area contributed by atoms with E-state index in [1.165, 1.54) is 0 Å². The monoisotopic (exact) mass is 381 g/mol. The number of benzene rings is 1. The molecular formula is C16H23N5O2S2. The quantitative estimate of drug-likeness (QED) is 0.738. The number of piperazine rings is 1. The van der Waals surface area contributed by atoms with E-state index in [2.05, 4.69) is 10.00 Å². The first kappa shape index (κ1) is 18.2. The van der Waals surface area contributed by atoms with E-state index in [1.807, 2.05) is 30.5 Å². The molecule has 1 aliphatic rings. The Bertz CT molecular complexity index is 878. The summed E-state index contributed by atoms with van der Waals surface area (Å²) in [6.07, 6.45) is 1.74. The predicted octanol–water partition coefficient (Wildman–Crippen LogP) is 1.71. The molecule has 1 saturated heterocycles. The van der Waals surface area contributed by atoms with Crippen molar-refractivity contribution in [3.63, 3.8) is 0 Å². The van der Waals surface area contributed by atoms with Crippen LogP contribution in [0.5, 0.6) is 0 Å². The van der Waals surface area contributed by atoms with Gasteiger partial charge in [0.15, 0.2) is 4.77 Å². The first-order valence-electron chi connectivity index (χ1n) is 8.33. The van der Waals surface area contributed by atoms with Gasteiger partial charge in [-0.2, -0.15) is 9.40 Å². The van der Waals surface area contributed by atoms with Crippen molar-refractivity contribution >= 4 is 22.2 Å². The summed E-state index contributed by atoms with van der Waals surface area (Å²) < 4.78 is 31.4. The van der Waals surface area contributed by atoms with Crippen LogP contribution in [0.15, 0.2) is 35.5 Å². The van der Waals surface area contributed by atoms with Gasteiger partial charge in [-0.3, -0.25) is 4.90 Å². The maximum Gasteiger partial charge on any atom is 0.243 e. The summed E-state index contributed by atoms with van der Waals surface area (Å²) in [7, 11) is -3.42. The Kier molecular flexibility index (Phi) is 5.38. The minimum absolute atomic E-state index is 0.357. The molecule has 0 atom stereocenters. The molecule has 0 bridgehead atoms.